The van der Waals surface area contributed by atoms with Crippen molar-refractivity contribution in [2.24, 2.45) is 5.41 Å². The van der Waals surface area contributed by atoms with Gasteiger partial charge in [-0.1, -0.05) is 0 Å². The van der Waals surface area contributed by atoms with Gasteiger partial charge in [0, 0.05) is 37.6 Å². The Morgan fingerprint density at radius 2 is 1.92 bits per heavy atom. The third kappa shape index (κ3) is 2.98. The number of aliphatic hydroxyl groups excluding tert-OH is 1. The second-order valence-corrected chi connectivity index (χ2v) is 6.40. The molecule has 5 nitrogen and oxygen atoms in total. The van der Waals surface area contributed by atoms with E-state index in [2.05, 4.69) is 4.74 Å². The minimum absolute atomic E-state index is 0.0275. The molecule has 7 heteroatoms. The average Bonchev–Trinajstić information content (AvgIpc) is 2.59. The van der Waals surface area contributed by atoms with Gasteiger partial charge in [0.2, 0.25) is 0 Å². The number of piperidine rings is 1. The van der Waals surface area contributed by atoms with Crippen molar-refractivity contribution in [1.29, 1.82) is 0 Å². The number of hydrogen-bond acceptors (Lipinski definition) is 4. The Labute approximate surface area is 139 Å². The largest absolute Gasteiger partial charge is 0.435 e. The fourth-order valence-corrected chi connectivity index (χ4v) is 3.80. The molecular formula is C17H21F2NO4. The lowest BCUT2D eigenvalue weighted by Gasteiger charge is -2.56. The van der Waals surface area contributed by atoms with E-state index in [1.165, 1.54) is 24.3 Å². The number of carbonyl (C=O) groups is 1. The maximum absolute atomic E-state index is 12.5. The van der Waals surface area contributed by atoms with Crippen LogP contribution in [0.15, 0.2) is 24.3 Å². The number of nitrogens with zero attached hydrogens (tertiary/aromatic N) is 1. The molecule has 0 aromatic heterocycles. The molecule has 1 amide bonds. The van der Waals surface area contributed by atoms with Crippen LogP contribution in [0.2, 0.25) is 0 Å². The fraction of sp³-hybridized carbons (Fsp3) is 0.588. The second kappa shape index (κ2) is 6.64. The van der Waals surface area contributed by atoms with Gasteiger partial charge in [0.25, 0.3) is 5.91 Å². The number of hydrogen-bond donors (Lipinski definition) is 1. The van der Waals surface area contributed by atoms with Crippen LogP contribution < -0.4 is 4.74 Å². The summed E-state index contributed by atoms with van der Waals surface area (Å²) < 4.78 is 34.0. The van der Waals surface area contributed by atoms with Gasteiger partial charge in [-0.25, -0.2) is 0 Å². The highest BCUT2D eigenvalue weighted by Crippen LogP contribution is 2.50. The van der Waals surface area contributed by atoms with Crippen molar-refractivity contribution in [1.82, 2.24) is 4.90 Å². The van der Waals surface area contributed by atoms with Crippen LogP contribution in [0.1, 0.15) is 29.6 Å². The summed E-state index contributed by atoms with van der Waals surface area (Å²) in [6.07, 6.45) is 1.73. The number of ether oxygens (including phenoxy) is 2. The summed E-state index contributed by atoms with van der Waals surface area (Å²) in [5, 5.41) is 10.1. The van der Waals surface area contributed by atoms with Crippen molar-refractivity contribution in [2.75, 3.05) is 20.2 Å². The van der Waals surface area contributed by atoms with Gasteiger partial charge in [0.1, 0.15) is 5.75 Å². The molecule has 1 saturated heterocycles. The summed E-state index contributed by atoms with van der Waals surface area (Å²) in [6, 6.07) is 5.70. The minimum Gasteiger partial charge on any atom is -0.435 e. The Morgan fingerprint density at radius 1 is 1.29 bits per heavy atom. The lowest BCUT2D eigenvalue weighted by molar-refractivity contribution is -0.199. The molecule has 1 aliphatic carbocycles. The standard InChI is InChI=1S/C17H21F2NO4/c1-23-14-10-13(21)17(14)6-8-20(9-7-17)15(22)11-2-4-12(5-3-11)24-16(18)19/h2-5,13-14,16,21H,6-10H2,1H3/t13-,14+/m0/s1. The number of alkyl halides is 2. The van der Waals surface area contributed by atoms with E-state index in [1.807, 2.05) is 0 Å². The molecule has 1 N–H and O–H groups in total. The first-order valence-electron chi connectivity index (χ1n) is 8.01. The van der Waals surface area contributed by atoms with E-state index in [0.717, 1.165) is 0 Å². The molecule has 1 spiro atoms. The molecule has 132 valence electrons. The molecule has 0 bridgehead atoms. The summed E-state index contributed by atoms with van der Waals surface area (Å²) in [7, 11) is 1.65. The summed E-state index contributed by atoms with van der Waals surface area (Å²) >= 11 is 0. The SMILES string of the molecule is CO[C@@H]1C[C@H](O)C12CCN(C(=O)c1ccc(OC(F)F)cc1)CC2. The number of carbonyl (C=O) groups excluding carboxylic acids is 1. The predicted molar refractivity (Wildman–Crippen MR) is 82.1 cm³/mol. The molecule has 24 heavy (non-hydrogen) atoms. The Kier molecular flexibility index (Phi) is 4.73. The molecule has 2 aliphatic rings. The number of halogens is 2. The molecule has 1 aromatic rings. The first-order valence-corrected chi connectivity index (χ1v) is 8.01. The van der Waals surface area contributed by atoms with Gasteiger partial charge < -0.3 is 19.5 Å². The fourth-order valence-electron chi connectivity index (χ4n) is 3.80. The molecule has 1 saturated carbocycles. The Balaban J connectivity index is 1.61. The maximum Gasteiger partial charge on any atom is 0.387 e. The number of methoxy groups -OCH3 is 1. The third-order valence-corrected chi connectivity index (χ3v) is 5.33. The van der Waals surface area contributed by atoms with Crippen LogP contribution in [-0.4, -0.2) is 54.9 Å². The second-order valence-electron chi connectivity index (χ2n) is 6.40. The lowest BCUT2D eigenvalue weighted by atomic mass is 9.58. The zero-order chi connectivity index (χ0) is 17.3. The summed E-state index contributed by atoms with van der Waals surface area (Å²) in [6.45, 7) is -1.79. The number of benzene rings is 1. The van der Waals surface area contributed by atoms with Gasteiger partial charge in [-0.3, -0.25) is 4.79 Å². The highest BCUT2D eigenvalue weighted by atomic mass is 19.3. The van der Waals surface area contributed by atoms with Gasteiger partial charge in [-0.2, -0.15) is 8.78 Å². The van der Waals surface area contributed by atoms with Crippen molar-refractivity contribution < 1.29 is 28.2 Å². The number of amides is 1. The van der Waals surface area contributed by atoms with Crippen LogP contribution in [-0.2, 0) is 4.74 Å². The quantitative estimate of drug-likeness (QED) is 0.913. The van der Waals surface area contributed by atoms with Crippen LogP contribution in [0.25, 0.3) is 0 Å². The van der Waals surface area contributed by atoms with E-state index in [4.69, 9.17) is 4.74 Å². The maximum atomic E-state index is 12.5. The van der Waals surface area contributed by atoms with Gasteiger partial charge in [-0.15, -0.1) is 0 Å². The highest BCUT2D eigenvalue weighted by Gasteiger charge is 2.56. The van der Waals surface area contributed by atoms with Gasteiger partial charge >= 0.3 is 6.61 Å². The van der Waals surface area contributed by atoms with Crippen LogP contribution >= 0.6 is 0 Å². The minimum atomic E-state index is -2.88. The Bertz CT molecular complexity index is 585. The number of aliphatic hydroxyl groups is 1. The van der Waals surface area contributed by atoms with E-state index < -0.39 is 6.61 Å². The third-order valence-electron chi connectivity index (χ3n) is 5.33. The van der Waals surface area contributed by atoms with Crippen molar-refractivity contribution >= 4 is 5.91 Å². The number of likely N-dealkylation sites (tertiary alicyclic amines) is 1. The van der Waals surface area contributed by atoms with E-state index in [1.54, 1.807) is 12.0 Å². The van der Waals surface area contributed by atoms with Crippen LogP contribution in [0.5, 0.6) is 5.75 Å². The van der Waals surface area contributed by atoms with E-state index in [9.17, 15) is 18.7 Å². The van der Waals surface area contributed by atoms with Gasteiger partial charge in [0.05, 0.1) is 12.2 Å². The zero-order valence-corrected chi connectivity index (χ0v) is 13.5. The van der Waals surface area contributed by atoms with Crippen LogP contribution in [0.3, 0.4) is 0 Å². The molecule has 0 radical (unpaired) electrons. The topological polar surface area (TPSA) is 59.0 Å². The summed E-state index contributed by atoms with van der Waals surface area (Å²) in [4.78, 5) is 14.3. The summed E-state index contributed by atoms with van der Waals surface area (Å²) in [5.74, 6) is -0.115. The van der Waals surface area contributed by atoms with Crippen molar-refractivity contribution in [2.45, 2.75) is 38.1 Å². The van der Waals surface area contributed by atoms with Crippen molar-refractivity contribution in [3.05, 3.63) is 29.8 Å². The molecule has 2 atom stereocenters. The predicted octanol–water partition coefficient (Wildman–Crippen LogP) is 2.29. The first-order chi connectivity index (χ1) is 11.5. The Morgan fingerprint density at radius 3 is 2.42 bits per heavy atom. The first kappa shape index (κ1) is 17.1. The number of rotatable bonds is 4. The average molecular weight is 341 g/mol. The normalized spacial score (nSPS) is 25.6. The molecule has 1 aromatic carbocycles. The molecular weight excluding hydrogens is 320 g/mol. The summed E-state index contributed by atoms with van der Waals surface area (Å²) in [5.41, 5.74) is 0.200. The highest BCUT2D eigenvalue weighted by molar-refractivity contribution is 5.94. The molecule has 1 aliphatic heterocycles. The molecule has 1 heterocycles. The van der Waals surface area contributed by atoms with Gasteiger partial charge in [0.15, 0.2) is 0 Å². The van der Waals surface area contributed by atoms with Crippen molar-refractivity contribution in [3.8, 4) is 5.75 Å². The van der Waals surface area contributed by atoms with Crippen LogP contribution in [0.4, 0.5) is 8.78 Å². The lowest BCUT2D eigenvalue weighted by Crippen LogP contribution is -2.62. The monoisotopic (exact) mass is 341 g/mol. The molecule has 2 fully saturated rings. The van der Waals surface area contributed by atoms with E-state index in [0.29, 0.717) is 37.9 Å². The van der Waals surface area contributed by atoms with Gasteiger partial charge in [-0.05, 0) is 37.1 Å². The zero-order valence-electron chi connectivity index (χ0n) is 13.5. The van der Waals surface area contributed by atoms with Crippen molar-refractivity contribution in [3.63, 3.8) is 0 Å². The molecule has 0 unspecified atom stereocenters. The van der Waals surface area contributed by atoms with E-state index >= 15 is 0 Å². The Hall–Kier alpha value is -1.73. The van der Waals surface area contributed by atoms with E-state index in [-0.39, 0.29) is 29.3 Å². The smallest absolute Gasteiger partial charge is 0.387 e. The molecule has 3 rings (SSSR count). The van der Waals surface area contributed by atoms with Crippen LogP contribution in [0, 0.1) is 5.41 Å².